The lowest BCUT2D eigenvalue weighted by atomic mass is 9.81. The van der Waals surface area contributed by atoms with Crippen LogP contribution in [-0.4, -0.2) is 38.2 Å². The fraction of sp³-hybridized carbons (Fsp3) is 0.391. The number of nitriles is 1. The van der Waals surface area contributed by atoms with E-state index in [9.17, 15) is 0 Å². The number of aryl methyl sites for hydroxylation is 1. The maximum atomic E-state index is 8.96. The lowest BCUT2D eigenvalue weighted by molar-refractivity contribution is 0.229. The summed E-state index contributed by atoms with van der Waals surface area (Å²) in [4.78, 5) is 11.3. The molecule has 31 heavy (non-hydrogen) atoms. The van der Waals surface area contributed by atoms with E-state index in [0.717, 1.165) is 43.6 Å². The van der Waals surface area contributed by atoms with Crippen LogP contribution in [0.2, 0.25) is 0 Å². The molecule has 1 aromatic carbocycles. The van der Waals surface area contributed by atoms with Gasteiger partial charge >= 0.3 is 0 Å². The summed E-state index contributed by atoms with van der Waals surface area (Å²) >= 11 is 0. The number of fused-ring (bicyclic) bond motifs is 1. The van der Waals surface area contributed by atoms with Crippen molar-refractivity contribution in [2.75, 3.05) is 19.3 Å². The third-order valence-corrected chi connectivity index (χ3v) is 6.27. The second-order valence-corrected chi connectivity index (χ2v) is 8.57. The molecule has 0 unspecified atom stereocenters. The van der Waals surface area contributed by atoms with Crippen LogP contribution >= 0.6 is 0 Å². The molecular formula is C23H25N7O. The highest BCUT2D eigenvalue weighted by Crippen LogP contribution is 2.38. The minimum Gasteiger partial charge on any atom is -0.433 e. The van der Waals surface area contributed by atoms with Gasteiger partial charge < -0.3 is 15.4 Å². The molecule has 2 aliphatic rings. The van der Waals surface area contributed by atoms with Crippen molar-refractivity contribution >= 4 is 5.82 Å². The maximum absolute atomic E-state index is 8.96. The van der Waals surface area contributed by atoms with Crippen molar-refractivity contribution in [3.63, 3.8) is 0 Å². The standard InChI is InChI=1S/C23H25N7O/c1-14-5-16(8-17-12-29(2)4-3-20(14)17)21-11-26-22(25)23(28-21)31-19-10-27-30(13-19)18-6-15(7-18)9-24/h5,8,10-11,13,15,18H,3-4,6-7,12H2,1-2H3,(H2,25,26). The number of aromatic nitrogens is 4. The minimum atomic E-state index is 0.122. The van der Waals surface area contributed by atoms with Crippen molar-refractivity contribution in [1.29, 1.82) is 5.26 Å². The Morgan fingerprint density at radius 2 is 2.10 bits per heavy atom. The molecule has 0 bridgehead atoms. The molecule has 8 nitrogen and oxygen atoms in total. The summed E-state index contributed by atoms with van der Waals surface area (Å²) in [5.41, 5.74) is 11.8. The Hall–Kier alpha value is -3.44. The fourth-order valence-corrected chi connectivity index (χ4v) is 4.40. The molecule has 0 amide bonds. The fourth-order valence-electron chi connectivity index (χ4n) is 4.40. The Morgan fingerprint density at radius 3 is 2.90 bits per heavy atom. The largest absolute Gasteiger partial charge is 0.433 e. The van der Waals surface area contributed by atoms with Crippen molar-refractivity contribution in [3.8, 4) is 29.0 Å². The molecule has 1 saturated carbocycles. The van der Waals surface area contributed by atoms with E-state index in [1.54, 1.807) is 12.4 Å². The molecule has 0 saturated heterocycles. The summed E-state index contributed by atoms with van der Waals surface area (Å²) in [7, 11) is 2.14. The summed E-state index contributed by atoms with van der Waals surface area (Å²) in [6.45, 7) is 4.17. The van der Waals surface area contributed by atoms with Crippen LogP contribution in [-0.2, 0) is 13.0 Å². The number of likely N-dealkylation sites (N-methyl/N-ethyl adjacent to an activating group) is 1. The highest BCUT2D eigenvalue weighted by molar-refractivity contribution is 5.64. The Balaban J connectivity index is 1.39. The number of nitrogen functional groups attached to an aromatic ring is 1. The summed E-state index contributed by atoms with van der Waals surface area (Å²) in [6, 6.07) is 6.89. The molecule has 8 heteroatoms. The monoisotopic (exact) mass is 415 g/mol. The van der Waals surface area contributed by atoms with Crippen LogP contribution in [0.15, 0.2) is 30.7 Å². The van der Waals surface area contributed by atoms with Gasteiger partial charge in [-0.1, -0.05) is 0 Å². The van der Waals surface area contributed by atoms with E-state index in [-0.39, 0.29) is 23.7 Å². The molecule has 5 rings (SSSR count). The molecule has 2 aromatic heterocycles. The second kappa shape index (κ2) is 7.67. The van der Waals surface area contributed by atoms with Gasteiger partial charge in [-0.2, -0.15) is 10.4 Å². The Labute approximate surface area is 181 Å². The van der Waals surface area contributed by atoms with Crippen LogP contribution in [0.4, 0.5) is 5.82 Å². The highest BCUT2D eigenvalue weighted by Gasteiger charge is 2.31. The van der Waals surface area contributed by atoms with Crippen LogP contribution in [0.1, 0.15) is 35.6 Å². The van der Waals surface area contributed by atoms with Crippen molar-refractivity contribution in [2.45, 2.75) is 38.8 Å². The van der Waals surface area contributed by atoms with Gasteiger partial charge in [-0.05, 0) is 62.1 Å². The van der Waals surface area contributed by atoms with Crippen LogP contribution in [0.25, 0.3) is 11.3 Å². The molecular weight excluding hydrogens is 390 g/mol. The van der Waals surface area contributed by atoms with E-state index in [1.165, 1.54) is 16.7 Å². The Morgan fingerprint density at radius 1 is 1.26 bits per heavy atom. The second-order valence-electron chi connectivity index (χ2n) is 8.57. The zero-order valence-electron chi connectivity index (χ0n) is 17.7. The van der Waals surface area contributed by atoms with E-state index in [2.05, 4.69) is 52.1 Å². The minimum absolute atomic E-state index is 0.122. The van der Waals surface area contributed by atoms with Crippen molar-refractivity contribution < 1.29 is 4.74 Å². The SMILES string of the molecule is Cc1cc(-c2cnc(N)c(Oc3cnn(C4CC(C#N)C4)c3)n2)cc2c1CCN(C)C2. The lowest BCUT2D eigenvalue weighted by Gasteiger charge is -2.30. The first-order chi connectivity index (χ1) is 15.0. The van der Waals surface area contributed by atoms with Gasteiger partial charge in [0.05, 0.1) is 42.3 Å². The number of benzene rings is 1. The van der Waals surface area contributed by atoms with Gasteiger partial charge in [-0.25, -0.2) is 9.97 Å². The predicted molar refractivity (Wildman–Crippen MR) is 116 cm³/mol. The number of hydrogen-bond acceptors (Lipinski definition) is 7. The smallest absolute Gasteiger partial charge is 0.263 e. The van der Waals surface area contributed by atoms with Crippen LogP contribution < -0.4 is 10.5 Å². The van der Waals surface area contributed by atoms with Crippen molar-refractivity contribution in [2.24, 2.45) is 5.92 Å². The number of rotatable bonds is 4. The highest BCUT2D eigenvalue weighted by atomic mass is 16.5. The first-order valence-electron chi connectivity index (χ1n) is 10.6. The average Bonchev–Trinajstić information content (AvgIpc) is 3.16. The Kier molecular flexibility index (Phi) is 4.83. The van der Waals surface area contributed by atoms with Gasteiger partial charge in [0, 0.05) is 18.7 Å². The van der Waals surface area contributed by atoms with Crippen LogP contribution in [0.5, 0.6) is 11.6 Å². The quantitative estimate of drug-likeness (QED) is 0.695. The van der Waals surface area contributed by atoms with Gasteiger partial charge in [0.2, 0.25) is 0 Å². The van der Waals surface area contributed by atoms with Gasteiger partial charge in [0.25, 0.3) is 5.88 Å². The third kappa shape index (κ3) is 3.73. The zero-order chi connectivity index (χ0) is 21.5. The molecule has 3 aromatic rings. The molecule has 1 aliphatic heterocycles. The topological polar surface area (TPSA) is 106 Å². The van der Waals surface area contributed by atoms with Gasteiger partial charge in [0.1, 0.15) is 0 Å². The summed E-state index contributed by atoms with van der Waals surface area (Å²) in [6.07, 6.45) is 7.87. The van der Waals surface area contributed by atoms with Gasteiger partial charge in [-0.15, -0.1) is 0 Å². The van der Waals surface area contributed by atoms with Crippen LogP contribution in [0, 0.1) is 24.2 Å². The van der Waals surface area contributed by atoms with Crippen molar-refractivity contribution in [3.05, 3.63) is 47.4 Å². The maximum Gasteiger partial charge on any atom is 0.263 e. The average molecular weight is 416 g/mol. The first-order valence-corrected chi connectivity index (χ1v) is 10.6. The van der Waals surface area contributed by atoms with E-state index >= 15 is 0 Å². The molecule has 0 radical (unpaired) electrons. The van der Waals surface area contributed by atoms with E-state index in [1.807, 2.05) is 10.9 Å². The normalized spacial score (nSPS) is 20.5. The van der Waals surface area contributed by atoms with Crippen molar-refractivity contribution in [1.82, 2.24) is 24.6 Å². The Bertz CT molecular complexity index is 1170. The third-order valence-electron chi connectivity index (χ3n) is 6.27. The van der Waals surface area contributed by atoms with E-state index in [4.69, 9.17) is 15.7 Å². The molecule has 158 valence electrons. The molecule has 2 N–H and O–H groups in total. The summed E-state index contributed by atoms with van der Waals surface area (Å²) < 4.78 is 7.78. The predicted octanol–water partition coefficient (Wildman–Crippen LogP) is 3.49. The number of hydrogen-bond donors (Lipinski definition) is 1. The number of ether oxygens (including phenoxy) is 1. The summed E-state index contributed by atoms with van der Waals surface area (Å²) in [5.74, 6) is 1.19. The molecule has 3 heterocycles. The van der Waals surface area contributed by atoms with Gasteiger partial charge in [-0.3, -0.25) is 4.68 Å². The number of nitrogens with two attached hydrogens (primary N) is 1. The lowest BCUT2D eigenvalue weighted by Crippen LogP contribution is -2.27. The van der Waals surface area contributed by atoms with E-state index < -0.39 is 0 Å². The molecule has 1 aliphatic carbocycles. The molecule has 0 atom stereocenters. The summed E-state index contributed by atoms with van der Waals surface area (Å²) in [5, 5.41) is 13.3. The van der Waals surface area contributed by atoms with E-state index in [0.29, 0.717) is 5.75 Å². The number of anilines is 1. The molecule has 1 fully saturated rings. The van der Waals surface area contributed by atoms with Crippen LogP contribution in [0.3, 0.4) is 0 Å². The molecule has 0 spiro atoms. The first kappa shape index (κ1) is 19.5. The van der Waals surface area contributed by atoms with Gasteiger partial charge in [0.15, 0.2) is 11.6 Å². The zero-order valence-corrected chi connectivity index (χ0v) is 17.7. The number of nitrogens with zero attached hydrogens (tertiary/aromatic N) is 6.